The lowest BCUT2D eigenvalue weighted by Gasteiger charge is -2.11. The van der Waals surface area contributed by atoms with Crippen molar-refractivity contribution in [1.82, 2.24) is 9.88 Å². The van der Waals surface area contributed by atoms with Crippen LogP contribution in [0.25, 0.3) is 11.1 Å². The van der Waals surface area contributed by atoms with Crippen LogP contribution in [0.5, 0.6) is 0 Å². The second kappa shape index (κ2) is 8.55. The molecule has 0 atom stereocenters. The zero-order valence-electron chi connectivity index (χ0n) is 15.5. The number of anilines is 1. The molecule has 1 heterocycles. The number of ether oxygens (including phenoxy) is 1. The number of nitrogens with zero attached hydrogens (tertiary/aromatic N) is 1. The Hall–Kier alpha value is -3.06. The molecule has 0 fully saturated rings. The van der Waals surface area contributed by atoms with E-state index < -0.39 is 5.76 Å². The number of hydrogen-bond donors (Lipinski definition) is 2. The molecule has 7 heteroatoms. The summed E-state index contributed by atoms with van der Waals surface area (Å²) in [5.41, 5.74) is 4.25. The number of nitrogens with one attached hydrogen (secondary N) is 2. The highest BCUT2D eigenvalue weighted by molar-refractivity contribution is 5.90. The Bertz CT molecular complexity index is 990. The molecule has 0 unspecified atom stereocenters. The number of aromatic nitrogens is 1. The highest BCUT2D eigenvalue weighted by Crippen LogP contribution is 2.15. The first-order valence-electron chi connectivity index (χ1n) is 8.83. The molecule has 0 spiro atoms. The van der Waals surface area contributed by atoms with Crippen LogP contribution in [0.3, 0.4) is 0 Å². The Balaban J connectivity index is 1.38. The fourth-order valence-corrected chi connectivity index (χ4v) is 2.84. The fourth-order valence-electron chi connectivity index (χ4n) is 2.84. The van der Waals surface area contributed by atoms with Gasteiger partial charge in [0.05, 0.1) is 25.3 Å². The third-order valence-corrected chi connectivity index (χ3v) is 4.20. The van der Waals surface area contributed by atoms with Crippen LogP contribution in [0.15, 0.2) is 51.7 Å². The second-order valence-corrected chi connectivity index (χ2v) is 6.30. The molecule has 2 aromatic carbocycles. The predicted molar refractivity (Wildman–Crippen MR) is 104 cm³/mol. The van der Waals surface area contributed by atoms with Gasteiger partial charge in [-0.05, 0) is 37.6 Å². The Labute approximate surface area is 156 Å². The van der Waals surface area contributed by atoms with Crippen LogP contribution in [0.1, 0.15) is 11.1 Å². The van der Waals surface area contributed by atoms with Crippen LogP contribution >= 0.6 is 0 Å². The van der Waals surface area contributed by atoms with E-state index in [0.717, 1.165) is 22.3 Å². The molecule has 3 rings (SSSR count). The summed E-state index contributed by atoms with van der Waals surface area (Å²) in [7, 11) is 0. The lowest BCUT2D eigenvalue weighted by molar-refractivity contribution is 0.128. The Kier molecular flexibility index (Phi) is 5.93. The minimum Gasteiger partial charge on any atom is -0.408 e. The molecular weight excluding hydrogens is 346 g/mol. The molecule has 0 radical (unpaired) electrons. The van der Waals surface area contributed by atoms with Gasteiger partial charge in [0.15, 0.2) is 5.58 Å². The summed E-state index contributed by atoms with van der Waals surface area (Å²) in [5.74, 6) is -0.397. The van der Waals surface area contributed by atoms with Gasteiger partial charge in [0.25, 0.3) is 0 Å². The molecule has 7 nitrogen and oxygen atoms in total. The highest BCUT2D eigenvalue weighted by Gasteiger charge is 2.08. The van der Waals surface area contributed by atoms with Crippen LogP contribution in [0, 0.1) is 13.8 Å². The number of urea groups is 1. The second-order valence-electron chi connectivity index (χ2n) is 6.30. The molecule has 0 saturated heterocycles. The van der Waals surface area contributed by atoms with E-state index in [2.05, 4.69) is 10.6 Å². The summed E-state index contributed by atoms with van der Waals surface area (Å²) >= 11 is 0. The summed E-state index contributed by atoms with van der Waals surface area (Å²) in [6.45, 7) is 5.43. The minimum absolute atomic E-state index is 0.275. The SMILES string of the molecule is Cc1ccc(NC(=O)NCCOCCn2c(=O)oc3ccccc32)c(C)c1. The molecule has 2 N–H and O–H groups in total. The van der Waals surface area contributed by atoms with E-state index in [9.17, 15) is 9.59 Å². The van der Waals surface area contributed by atoms with Crippen LogP contribution in [-0.4, -0.2) is 30.4 Å². The molecule has 0 bridgehead atoms. The van der Waals surface area contributed by atoms with Crippen molar-refractivity contribution in [2.75, 3.05) is 25.1 Å². The summed E-state index contributed by atoms with van der Waals surface area (Å²) in [6, 6.07) is 12.8. The van der Waals surface area contributed by atoms with Gasteiger partial charge in [0.2, 0.25) is 0 Å². The number of rotatable bonds is 7. The van der Waals surface area contributed by atoms with Gasteiger partial charge in [-0.2, -0.15) is 0 Å². The number of hydrogen-bond acceptors (Lipinski definition) is 4. The summed E-state index contributed by atoms with van der Waals surface area (Å²) in [6.07, 6.45) is 0. The van der Waals surface area contributed by atoms with Crippen molar-refractivity contribution < 1.29 is 13.9 Å². The first-order valence-corrected chi connectivity index (χ1v) is 8.83. The maximum absolute atomic E-state index is 11.9. The third kappa shape index (κ3) is 4.77. The molecule has 1 aromatic heterocycles. The first-order chi connectivity index (χ1) is 13.0. The maximum Gasteiger partial charge on any atom is 0.420 e. The van der Waals surface area contributed by atoms with Crippen LogP contribution in [0.2, 0.25) is 0 Å². The van der Waals surface area contributed by atoms with E-state index in [1.807, 2.05) is 50.2 Å². The molecule has 27 heavy (non-hydrogen) atoms. The van der Waals surface area contributed by atoms with Gasteiger partial charge >= 0.3 is 11.8 Å². The number of fused-ring (bicyclic) bond motifs is 1. The average Bonchev–Trinajstić information content (AvgIpc) is 2.96. The smallest absolute Gasteiger partial charge is 0.408 e. The van der Waals surface area contributed by atoms with E-state index in [1.54, 1.807) is 6.07 Å². The summed E-state index contributed by atoms with van der Waals surface area (Å²) in [4.78, 5) is 23.8. The van der Waals surface area contributed by atoms with Crippen LogP contribution in [0.4, 0.5) is 10.5 Å². The normalized spacial score (nSPS) is 10.9. The van der Waals surface area contributed by atoms with E-state index >= 15 is 0 Å². The Morgan fingerprint density at radius 3 is 2.78 bits per heavy atom. The molecule has 2 amide bonds. The van der Waals surface area contributed by atoms with E-state index in [1.165, 1.54) is 4.57 Å². The molecule has 142 valence electrons. The number of amides is 2. The van der Waals surface area contributed by atoms with Gasteiger partial charge in [-0.1, -0.05) is 29.8 Å². The van der Waals surface area contributed by atoms with E-state index in [0.29, 0.717) is 31.9 Å². The Morgan fingerprint density at radius 2 is 1.96 bits per heavy atom. The van der Waals surface area contributed by atoms with Gasteiger partial charge in [0, 0.05) is 12.2 Å². The highest BCUT2D eigenvalue weighted by atomic mass is 16.5. The number of aryl methyl sites for hydroxylation is 2. The lowest BCUT2D eigenvalue weighted by Crippen LogP contribution is -2.32. The third-order valence-electron chi connectivity index (χ3n) is 4.20. The van der Waals surface area contributed by atoms with E-state index in [4.69, 9.17) is 9.15 Å². The van der Waals surface area contributed by atoms with Crippen molar-refractivity contribution in [3.05, 3.63) is 64.1 Å². The fraction of sp³-hybridized carbons (Fsp3) is 0.300. The van der Waals surface area contributed by atoms with E-state index in [-0.39, 0.29) is 6.03 Å². The van der Waals surface area contributed by atoms with Crippen molar-refractivity contribution in [3.63, 3.8) is 0 Å². The van der Waals surface area contributed by atoms with Crippen molar-refractivity contribution in [1.29, 1.82) is 0 Å². The van der Waals surface area contributed by atoms with Gasteiger partial charge < -0.3 is 19.8 Å². The lowest BCUT2D eigenvalue weighted by atomic mass is 10.1. The largest absolute Gasteiger partial charge is 0.420 e. The maximum atomic E-state index is 11.9. The van der Waals surface area contributed by atoms with Gasteiger partial charge in [-0.15, -0.1) is 0 Å². The van der Waals surface area contributed by atoms with Crippen molar-refractivity contribution in [3.8, 4) is 0 Å². The van der Waals surface area contributed by atoms with Gasteiger partial charge in [-0.3, -0.25) is 4.57 Å². The molecule has 0 saturated carbocycles. The van der Waals surface area contributed by atoms with Crippen LogP contribution < -0.4 is 16.4 Å². The van der Waals surface area contributed by atoms with Gasteiger partial charge in [0.1, 0.15) is 0 Å². The standard InChI is InChI=1S/C20H23N3O4/c1-14-7-8-16(15(2)13-14)22-19(24)21-9-11-26-12-10-23-17-5-3-4-6-18(17)27-20(23)25/h3-8,13H,9-12H2,1-2H3,(H2,21,22,24). The van der Waals surface area contributed by atoms with Crippen molar-refractivity contribution in [2.24, 2.45) is 0 Å². The number of carbonyl (C=O) groups is 1. The van der Waals surface area contributed by atoms with Crippen molar-refractivity contribution in [2.45, 2.75) is 20.4 Å². The summed E-state index contributed by atoms with van der Waals surface area (Å²) < 4.78 is 12.2. The van der Waals surface area contributed by atoms with Crippen LogP contribution in [-0.2, 0) is 11.3 Å². The quantitative estimate of drug-likeness (QED) is 0.627. The zero-order valence-corrected chi connectivity index (χ0v) is 15.5. The topological polar surface area (TPSA) is 85.5 Å². The number of oxazole rings is 1. The molecule has 0 aliphatic heterocycles. The monoisotopic (exact) mass is 369 g/mol. The van der Waals surface area contributed by atoms with Gasteiger partial charge in [-0.25, -0.2) is 9.59 Å². The van der Waals surface area contributed by atoms with Crippen molar-refractivity contribution >= 4 is 22.8 Å². The molecule has 0 aliphatic carbocycles. The molecular formula is C20H23N3O4. The minimum atomic E-state index is -0.397. The first kappa shape index (κ1) is 18.7. The Morgan fingerprint density at radius 1 is 1.15 bits per heavy atom. The number of benzene rings is 2. The number of para-hydroxylation sites is 2. The molecule has 0 aliphatic rings. The predicted octanol–water partition coefficient (Wildman–Crippen LogP) is 3.05. The average molecular weight is 369 g/mol. The summed E-state index contributed by atoms with van der Waals surface area (Å²) in [5, 5.41) is 5.56. The zero-order chi connectivity index (χ0) is 19.2. The number of carbonyl (C=O) groups excluding carboxylic acids is 1. The molecule has 3 aromatic rings.